The first-order valence-electron chi connectivity index (χ1n) is 6.72. The molecule has 0 aliphatic carbocycles. The van der Waals surface area contributed by atoms with E-state index in [-0.39, 0.29) is 11.2 Å². The van der Waals surface area contributed by atoms with Gasteiger partial charge in [-0.1, -0.05) is 0 Å². The highest BCUT2D eigenvalue weighted by Crippen LogP contribution is 2.39. The lowest BCUT2D eigenvalue weighted by molar-refractivity contribution is -0.120. The number of pyridine rings is 1. The van der Waals surface area contributed by atoms with Crippen LogP contribution in [-0.4, -0.2) is 23.8 Å². The molecule has 110 valence electrons. The molecule has 1 atom stereocenters. The minimum Gasteiger partial charge on any atom is -0.481 e. The molecule has 0 radical (unpaired) electrons. The topological polar surface area (TPSA) is 51.2 Å². The summed E-state index contributed by atoms with van der Waals surface area (Å²) in [6.45, 7) is 0.494. The van der Waals surface area contributed by atoms with Crippen molar-refractivity contribution < 1.29 is 9.53 Å². The monoisotopic (exact) mass is 320 g/mol. The quantitative estimate of drug-likeness (QED) is 0.941. The van der Waals surface area contributed by atoms with Crippen LogP contribution in [-0.2, 0) is 17.8 Å². The van der Waals surface area contributed by atoms with Gasteiger partial charge >= 0.3 is 0 Å². The van der Waals surface area contributed by atoms with E-state index in [2.05, 4.69) is 21.7 Å². The van der Waals surface area contributed by atoms with Crippen molar-refractivity contribution in [3.63, 3.8) is 0 Å². The van der Waals surface area contributed by atoms with Crippen LogP contribution < -0.4 is 10.1 Å². The Hall–Kier alpha value is -1.53. The van der Waals surface area contributed by atoms with E-state index in [1.165, 1.54) is 10.4 Å². The number of carbonyl (C=O) groups is 1. The molecule has 1 N–H and O–H groups in total. The van der Waals surface area contributed by atoms with E-state index in [1.807, 2.05) is 12.1 Å². The molecule has 0 spiro atoms. The van der Waals surface area contributed by atoms with E-state index in [4.69, 9.17) is 4.74 Å². The lowest BCUT2D eigenvalue weighted by atomic mass is 10.1. The van der Waals surface area contributed by atoms with Gasteiger partial charge in [-0.3, -0.25) is 4.79 Å². The summed E-state index contributed by atoms with van der Waals surface area (Å²) in [6, 6.07) is 5.79. The van der Waals surface area contributed by atoms with Gasteiger partial charge in [-0.2, -0.15) is 0 Å². The van der Waals surface area contributed by atoms with E-state index >= 15 is 0 Å². The highest BCUT2D eigenvalue weighted by atomic mass is 32.2. The first-order valence-corrected chi connectivity index (χ1v) is 8.65. The molecule has 21 heavy (non-hydrogen) atoms. The maximum absolute atomic E-state index is 12.4. The third-order valence-corrected chi connectivity index (χ3v) is 5.63. The van der Waals surface area contributed by atoms with Crippen LogP contribution in [0.2, 0.25) is 0 Å². The second kappa shape index (κ2) is 6.49. The van der Waals surface area contributed by atoms with Crippen molar-refractivity contribution in [1.29, 1.82) is 0 Å². The first kappa shape index (κ1) is 14.4. The number of rotatable bonds is 4. The summed E-state index contributed by atoms with van der Waals surface area (Å²) < 4.78 is 5.09. The summed E-state index contributed by atoms with van der Waals surface area (Å²) in [6.07, 6.45) is 2.76. The van der Waals surface area contributed by atoms with E-state index < -0.39 is 0 Å². The number of nitrogens with zero attached hydrogens (tertiary/aromatic N) is 1. The average molecular weight is 320 g/mol. The SMILES string of the molecule is COc1cc(CNC(=O)C2SCCc3sccc32)ccn1. The molecule has 1 aliphatic heterocycles. The molecule has 0 saturated carbocycles. The number of aryl methyl sites for hydroxylation is 1. The highest BCUT2D eigenvalue weighted by molar-refractivity contribution is 8.00. The molecule has 0 bridgehead atoms. The van der Waals surface area contributed by atoms with Gasteiger partial charge in [-0.25, -0.2) is 4.98 Å². The van der Waals surface area contributed by atoms with Crippen molar-refractivity contribution in [2.45, 2.75) is 18.2 Å². The van der Waals surface area contributed by atoms with Crippen molar-refractivity contribution in [2.24, 2.45) is 0 Å². The van der Waals surface area contributed by atoms with Gasteiger partial charge in [0.25, 0.3) is 0 Å². The highest BCUT2D eigenvalue weighted by Gasteiger charge is 2.27. The predicted octanol–water partition coefficient (Wildman–Crippen LogP) is 2.80. The van der Waals surface area contributed by atoms with E-state index in [0.29, 0.717) is 12.4 Å². The molecule has 0 aromatic carbocycles. The molecule has 1 aliphatic rings. The van der Waals surface area contributed by atoms with Crippen LogP contribution in [0, 0.1) is 0 Å². The molecule has 1 amide bonds. The van der Waals surface area contributed by atoms with Crippen LogP contribution in [0.3, 0.4) is 0 Å². The number of thioether (sulfide) groups is 1. The summed E-state index contributed by atoms with van der Waals surface area (Å²) >= 11 is 3.47. The van der Waals surface area contributed by atoms with Gasteiger partial charge in [0, 0.05) is 23.7 Å². The van der Waals surface area contributed by atoms with Crippen molar-refractivity contribution >= 4 is 29.0 Å². The fourth-order valence-electron chi connectivity index (χ4n) is 2.32. The number of nitrogens with one attached hydrogen (secondary N) is 1. The Morgan fingerprint density at radius 3 is 3.29 bits per heavy atom. The average Bonchev–Trinajstić information content (AvgIpc) is 3.01. The zero-order valence-electron chi connectivity index (χ0n) is 11.7. The Labute approximate surface area is 131 Å². The van der Waals surface area contributed by atoms with Gasteiger partial charge in [-0.15, -0.1) is 23.1 Å². The Balaban J connectivity index is 1.65. The first-order chi connectivity index (χ1) is 10.3. The van der Waals surface area contributed by atoms with E-state index in [9.17, 15) is 4.79 Å². The Morgan fingerprint density at radius 2 is 2.43 bits per heavy atom. The zero-order chi connectivity index (χ0) is 14.7. The molecule has 2 aromatic rings. The van der Waals surface area contributed by atoms with Gasteiger partial charge in [-0.05, 0) is 40.8 Å². The largest absolute Gasteiger partial charge is 0.481 e. The van der Waals surface area contributed by atoms with Crippen molar-refractivity contribution in [1.82, 2.24) is 10.3 Å². The van der Waals surface area contributed by atoms with Crippen molar-refractivity contribution in [2.75, 3.05) is 12.9 Å². The van der Waals surface area contributed by atoms with Gasteiger partial charge < -0.3 is 10.1 Å². The molecular formula is C15H16N2O2S2. The number of fused-ring (bicyclic) bond motifs is 1. The molecule has 3 rings (SSSR count). The maximum Gasteiger partial charge on any atom is 0.237 e. The minimum absolute atomic E-state index is 0.0788. The fraction of sp³-hybridized carbons (Fsp3) is 0.333. The molecule has 6 heteroatoms. The lowest BCUT2D eigenvalue weighted by Crippen LogP contribution is -2.29. The third kappa shape index (κ3) is 3.22. The zero-order valence-corrected chi connectivity index (χ0v) is 13.3. The lowest BCUT2D eigenvalue weighted by Gasteiger charge is -2.21. The summed E-state index contributed by atoms with van der Waals surface area (Å²) in [5, 5.41) is 5.01. The van der Waals surface area contributed by atoms with Crippen molar-refractivity contribution in [3.05, 3.63) is 45.8 Å². The van der Waals surface area contributed by atoms with Gasteiger partial charge in [0.05, 0.1) is 7.11 Å². The van der Waals surface area contributed by atoms with Crippen LogP contribution in [0.5, 0.6) is 5.88 Å². The maximum atomic E-state index is 12.4. The standard InChI is InChI=1S/C15H16N2O2S2/c1-19-13-8-10(2-5-16-13)9-17-15(18)14-11-3-6-20-12(11)4-7-21-14/h2-3,5-6,8,14H,4,7,9H2,1H3,(H,17,18). The number of hydrogen-bond donors (Lipinski definition) is 1. The molecule has 4 nitrogen and oxygen atoms in total. The van der Waals surface area contributed by atoms with Gasteiger partial charge in [0.15, 0.2) is 0 Å². The molecule has 0 saturated heterocycles. The molecule has 1 unspecified atom stereocenters. The number of methoxy groups -OCH3 is 1. The van der Waals surface area contributed by atoms with Crippen LogP contribution in [0.1, 0.15) is 21.3 Å². The number of carbonyl (C=O) groups excluding carboxylic acids is 1. The Bertz CT molecular complexity index is 642. The van der Waals surface area contributed by atoms with Gasteiger partial charge in [0.1, 0.15) is 5.25 Å². The second-order valence-corrected chi connectivity index (χ2v) is 6.94. The molecular weight excluding hydrogens is 304 g/mol. The number of hydrogen-bond acceptors (Lipinski definition) is 5. The number of amides is 1. The number of thiophene rings is 1. The van der Waals surface area contributed by atoms with Crippen LogP contribution in [0.4, 0.5) is 0 Å². The van der Waals surface area contributed by atoms with Crippen LogP contribution >= 0.6 is 23.1 Å². The Kier molecular flexibility index (Phi) is 4.45. The Morgan fingerprint density at radius 1 is 1.52 bits per heavy atom. The number of ether oxygens (including phenoxy) is 1. The summed E-state index contributed by atoms with van der Waals surface area (Å²) in [5.41, 5.74) is 2.17. The molecule has 2 aromatic heterocycles. The summed E-state index contributed by atoms with van der Waals surface area (Å²) in [7, 11) is 1.58. The van der Waals surface area contributed by atoms with E-state index in [0.717, 1.165) is 17.7 Å². The van der Waals surface area contributed by atoms with E-state index in [1.54, 1.807) is 36.4 Å². The molecule has 3 heterocycles. The molecule has 0 fully saturated rings. The third-order valence-electron chi connectivity index (χ3n) is 3.39. The summed E-state index contributed by atoms with van der Waals surface area (Å²) in [4.78, 5) is 17.8. The van der Waals surface area contributed by atoms with Gasteiger partial charge in [0.2, 0.25) is 11.8 Å². The smallest absolute Gasteiger partial charge is 0.237 e. The summed E-state index contributed by atoms with van der Waals surface area (Å²) in [5.74, 6) is 1.65. The fourth-order valence-corrected chi connectivity index (χ4v) is 4.63. The number of aromatic nitrogens is 1. The van der Waals surface area contributed by atoms with Crippen molar-refractivity contribution in [3.8, 4) is 5.88 Å². The second-order valence-electron chi connectivity index (χ2n) is 4.72. The van der Waals surface area contributed by atoms with Crippen LogP contribution in [0.25, 0.3) is 0 Å². The van der Waals surface area contributed by atoms with Crippen LogP contribution in [0.15, 0.2) is 29.8 Å². The minimum atomic E-state index is -0.0799. The predicted molar refractivity (Wildman–Crippen MR) is 85.9 cm³/mol. The normalized spacial score (nSPS) is 17.1.